The van der Waals surface area contributed by atoms with Crippen LogP contribution >= 0.6 is 0 Å². The SMILES string of the molecule is C=C1CC[C@@H](C(=O)N2CCC(c3ccc(CC)cc3[C@H](C)NC(C)=O)CC2)[C@H](c2ccc(F)cc2F)C1.[HH]. The Bertz CT molecular complexity index is 1180. The molecule has 1 saturated carbocycles. The van der Waals surface area contributed by atoms with Gasteiger partial charge in [0.1, 0.15) is 11.6 Å². The summed E-state index contributed by atoms with van der Waals surface area (Å²) in [6.07, 6.45) is 4.54. The van der Waals surface area contributed by atoms with Crippen molar-refractivity contribution in [2.45, 2.75) is 77.2 Å². The minimum absolute atomic E-state index is 0. The van der Waals surface area contributed by atoms with E-state index in [1.54, 1.807) is 0 Å². The van der Waals surface area contributed by atoms with Crippen LogP contribution in [0.25, 0.3) is 0 Å². The monoisotopic (exact) mass is 510 g/mol. The highest BCUT2D eigenvalue weighted by Crippen LogP contribution is 2.43. The first-order valence-electron chi connectivity index (χ1n) is 13.5. The van der Waals surface area contributed by atoms with Crippen molar-refractivity contribution < 1.29 is 19.8 Å². The quantitative estimate of drug-likeness (QED) is 0.434. The molecule has 200 valence electrons. The molecule has 1 saturated heterocycles. The molecular formula is C31H40F2N2O2. The highest BCUT2D eigenvalue weighted by Gasteiger charge is 2.38. The molecule has 4 nitrogen and oxygen atoms in total. The van der Waals surface area contributed by atoms with Crippen molar-refractivity contribution in [3.8, 4) is 0 Å². The van der Waals surface area contributed by atoms with Crippen molar-refractivity contribution in [3.63, 3.8) is 0 Å². The third-order valence-electron chi connectivity index (χ3n) is 8.17. The Balaban J connectivity index is 0.00000400. The van der Waals surface area contributed by atoms with Gasteiger partial charge in [-0.15, -0.1) is 0 Å². The van der Waals surface area contributed by atoms with E-state index >= 15 is 0 Å². The minimum Gasteiger partial charge on any atom is -0.350 e. The number of hydrogen-bond acceptors (Lipinski definition) is 2. The number of amides is 2. The van der Waals surface area contributed by atoms with Crippen LogP contribution in [0.2, 0.25) is 0 Å². The van der Waals surface area contributed by atoms with Crippen molar-refractivity contribution in [1.82, 2.24) is 10.2 Å². The van der Waals surface area contributed by atoms with Gasteiger partial charge in [0, 0.05) is 39.3 Å². The maximum atomic E-state index is 14.7. The average molecular weight is 511 g/mol. The molecule has 2 aliphatic rings. The first-order chi connectivity index (χ1) is 17.7. The number of allylic oxidation sites excluding steroid dienone is 1. The minimum atomic E-state index is -0.611. The van der Waals surface area contributed by atoms with E-state index in [0.717, 1.165) is 42.9 Å². The lowest BCUT2D eigenvalue weighted by Gasteiger charge is -2.39. The number of halogens is 2. The van der Waals surface area contributed by atoms with E-state index in [2.05, 4.69) is 37.0 Å². The smallest absolute Gasteiger partial charge is 0.226 e. The molecule has 0 spiro atoms. The zero-order valence-corrected chi connectivity index (χ0v) is 22.2. The maximum Gasteiger partial charge on any atom is 0.226 e. The Labute approximate surface area is 220 Å². The van der Waals surface area contributed by atoms with Crippen LogP contribution < -0.4 is 5.32 Å². The summed E-state index contributed by atoms with van der Waals surface area (Å²) in [5.74, 6) is -1.54. The summed E-state index contributed by atoms with van der Waals surface area (Å²) in [4.78, 5) is 27.4. The predicted molar refractivity (Wildman–Crippen MR) is 144 cm³/mol. The first kappa shape index (κ1) is 27.0. The second-order valence-corrected chi connectivity index (χ2v) is 10.7. The molecule has 1 N–H and O–H groups in total. The van der Waals surface area contributed by atoms with Gasteiger partial charge in [-0.1, -0.05) is 43.3 Å². The Morgan fingerprint density at radius 1 is 1.11 bits per heavy atom. The van der Waals surface area contributed by atoms with E-state index in [9.17, 15) is 18.4 Å². The maximum absolute atomic E-state index is 14.7. The molecule has 0 aromatic heterocycles. The largest absolute Gasteiger partial charge is 0.350 e. The van der Waals surface area contributed by atoms with Crippen LogP contribution in [0.1, 0.15) is 94.4 Å². The number of carbonyl (C=O) groups is 2. The number of carbonyl (C=O) groups excluding carboxylic acids is 2. The van der Waals surface area contributed by atoms with Gasteiger partial charge in [0.2, 0.25) is 11.8 Å². The number of rotatable bonds is 6. The molecule has 1 aliphatic heterocycles. The number of nitrogens with one attached hydrogen (secondary N) is 1. The second kappa shape index (κ2) is 11.6. The fourth-order valence-electron chi connectivity index (χ4n) is 6.16. The normalized spacial score (nSPS) is 21.5. The summed E-state index contributed by atoms with van der Waals surface area (Å²) in [6.45, 7) is 11.1. The summed E-state index contributed by atoms with van der Waals surface area (Å²) in [5.41, 5.74) is 5.04. The predicted octanol–water partition coefficient (Wildman–Crippen LogP) is 6.82. The van der Waals surface area contributed by atoms with Crippen LogP contribution in [0.5, 0.6) is 0 Å². The van der Waals surface area contributed by atoms with Gasteiger partial charge in [-0.05, 0) is 79.7 Å². The molecule has 2 aromatic carbocycles. The molecular weight excluding hydrogens is 470 g/mol. The van der Waals surface area contributed by atoms with E-state index in [-0.39, 0.29) is 31.1 Å². The Kier molecular flexibility index (Phi) is 8.46. The highest BCUT2D eigenvalue weighted by atomic mass is 19.1. The molecule has 2 fully saturated rings. The Morgan fingerprint density at radius 3 is 2.46 bits per heavy atom. The molecule has 0 radical (unpaired) electrons. The topological polar surface area (TPSA) is 49.4 Å². The van der Waals surface area contributed by atoms with Crippen molar-refractivity contribution >= 4 is 11.8 Å². The molecule has 37 heavy (non-hydrogen) atoms. The van der Waals surface area contributed by atoms with Crippen molar-refractivity contribution in [2.75, 3.05) is 13.1 Å². The van der Waals surface area contributed by atoms with Gasteiger partial charge >= 0.3 is 0 Å². The second-order valence-electron chi connectivity index (χ2n) is 10.7. The number of aryl methyl sites for hydroxylation is 1. The van der Waals surface area contributed by atoms with Gasteiger partial charge in [-0.3, -0.25) is 9.59 Å². The van der Waals surface area contributed by atoms with Gasteiger partial charge in [-0.25, -0.2) is 8.78 Å². The molecule has 3 atom stereocenters. The van der Waals surface area contributed by atoms with Crippen LogP contribution in [-0.2, 0) is 16.0 Å². The summed E-state index contributed by atoms with van der Waals surface area (Å²) >= 11 is 0. The lowest BCUT2D eigenvalue weighted by Crippen LogP contribution is -2.44. The van der Waals surface area contributed by atoms with Gasteiger partial charge in [0.05, 0.1) is 6.04 Å². The van der Waals surface area contributed by atoms with Crippen molar-refractivity contribution in [1.29, 1.82) is 0 Å². The summed E-state index contributed by atoms with van der Waals surface area (Å²) < 4.78 is 28.2. The summed E-state index contributed by atoms with van der Waals surface area (Å²) in [6, 6.07) is 10.1. The molecule has 0 unspecified atom stereocenters. The van der Waals surface area contributed by atoms with E-state index in [0.29, 0.717) is 37.4 Å². The average Bonchev–Trinajstić information content (AvgIpc) is 2.87. The zero-order valence-electron chi connectivity index (χ0n) is 22.2. The van der Waals surface area contributed by atoms with E-state index in [1.165, 1.54) is 30.2 Å². The number of likely N-dealkylation sites (tertiary alicyclic amines) is 1. The van der Waals surface area contributed by atoms with Crippen LogP contribution in [0.4, 0.5) is 8.78 Å². The van der Waals surface area contributed by atoms with Crippen LogP contribution in [0, 0.1) is 17.6 Å². The van der Waals surface area contributed by atoms with Crippen LogP contribution in [0.15, 0.2) is 48.6 Å². The summed E-state index contributed by atoms with van der Waals surface area (Å²) in [7, 11) is 0. The number of nitrogens with zero attached hydrogens (tertiary/aromatic N) is 1. The first-order valence-corrected chi connectivity index (χ1v) is 13.5. The molecule has 2 aromatic rings. The molecule has 4 rings (SSSR count). The van der Waals surface area contributed by atoms with Gasteiger partial charge in [0.25, 0.3) is 0 Å². The molecule has 0 bridgehead atoms. The third-order valence-corrected chi connectivity index (χ3v) is 8.17. The van der Waals surface area contributed by atoms with Crippen LogP contribution in [-0.4, -0.2) is 29.8 Å². The molecule has 2 amide bonds. The number of piperidine rings is 1. The molecule has 1 heterocycles. The van der Waals surface area contributed by atoms with Gasteiger partial charge in [-0.2, -0.15) is 0 Å². The van der Waals surface area contributed by atoms with Crippen LogP contribution in [0.3, 0.4) is 0 Å². The third kappa shape index (κ3) is 6.11. The standard InChI is InChI=1S/C31H38F2N2O2.H2/c1-5-22-7-10-25(28(17-22)20(3)34-21(4)36)23-12-14-35(15-13-23)31(37)27-9-6-19(2)16-29(27)26-11-8-24(32)18-30(26)33;/h7-8,10-11,17-18,20,23,27,29H,2,5-6,9,12-16H2,1,3-4H3,(H,34,36);1H/t20-,27+,29-;/m0./s1. The fourth-order valence-corrected chi connectivity index (χ4v) is 6.16. The van der Waals surface area contributed by atoms with E-state index in [1.807, 2.05) is 11.8 Å². The molecule has 6 heteroatoms. The lowest BCUT2D eigenvalue weighted by atomic mass is 9.72. The Morgan fingerprint density at radius 2 is 1.81 bits per heavy atom. The van der Waals surface area contributed by atoms with Crippen molar-refractivity contribution in [3.05, 3.63) is 82.4 Å². The number of hydrogen-bond donors (Lipinski definition) is 1. The molecule has 1 aliphatic carbocycles. The number of benzene rings is 2. The summed E-state index contributed by atoms with van der Waals surface area (Å²) in [5, 5.41) is 3.03. The van der Waals surface area contributed by atoms with E-state index < -0.39 is 11.6 Å². The Hall–Kier alpha value is -3.02. The fraction of sp³-hybridized carbons (Fsp3) is 0.484. The van der Waals surface area contributed by atoms with E-state index in [4.69, 9.17) is 0 Å². The zero-order chi connectivity index (χ0) is 26.7. The lowest BCUT2D eigenvalue weighted by molar-refractivity contribution is -0.138. The van der Waals surface area contributed by atoms with Gasteiger partial charge in [0.15, 0.2) is 0 Å². The van der Waals surface area contributed by atoms with Crippen molar-refractivity contribution in [2.24, 2.45) is 5.92 Å². The van der Waals surface area contributed by atoms with Gasteiger partial charge < -0.3 is 10.2 Å². The highest BCUT2D eigenvalue weighted by molar-refractivity contribution is 5.80.